The molecule has 126 valence electrons. The zero-order valence-corrected chi connectivity index (χ0v) is 14.0. The highest BCUT2D eigenvalue weighted by molar-refractivity contribution is 5.67. The van der Waals surface area contributed by atoms with Crippen LogP contribution in [0.1, 0.15) is 12.8 Å². The summed E-state index contributed by atoms with van der Waals surface area (Å²) in [6, 6.07) is 16.4. The molecule has 0 spiro atoms. The van der Waals surface area contributed by atoms with E-state index in [9.17, 15) is 0 Å². The second-order valence-corrected chi connectivity index (χ2v) is 6.26. The molecule has 1 unspecified atom stereocenters. The largest absolute Gasteiger partial charge is 0.366 e. The first-order valence-corrected chi connectivity index (χ1v) is 8.71. The number of pyridine rings is 1. The van der Waals surface area contributed by atoms with Gasteiger partial charge in [-0.1, -0.05) is 30.3 Å². The van der Waals surface area contributed by atoms with E-state index in [1.54, 1.807) is 6.20 Å². The van der Waals surface area contributed by atoms with Gasteiger partial charge in [0, 0.05) is 42.2 Å². The van der Waals surface area contributed by atoms with E-state index < -0.39 is 0 Å². The summed E-state index contributed by atoms with van der Waals surface area (Å²) in [6.07, 6.45) is 5.95. The Bertz CT molecular complexity index is 756. The quantitative estimate of drug-likeness (QED) is 0.767. The lowest BCUT2D eigenvalue weighted by Gasteiger charge is -2.24. The summed E-state index contributed by atoms with van der Waals surface area (Å²) in [4.78, 5) is 13.7. The van der Waals surface area contributed by atoms with E-state index in [4.69, 9.17) is 9.97 Å². The third-order valence-corrected chi connectivity index (χ3v) is 4.36. The Labute approximate surface area is 147 Å². The van der Waals surface area contributed by atoms with Gasteiger partial charge < -0.3 is 10.6 Å². The first-order chi connectivity index (χ1) is 12.4. The Morgan fingerprint density at radius 1 is 1.00 bits per heavy atom. The molecule has 0 amide bonds. The van der Waals surface area contributed by atoms with Crippen molar-refractivity contribution >= 4 is 5.82 Å². The molecule has 0 radical (unpaired) electrons. The van der Waals surface area contributed by atoms with E-state index in [1.807, 2.05) is 54.7 Å². The fourth-order valence-electron chi connectivity index (χ4n) is 3.08. The molecule has 5 heteroatoms. The van der Waals surface area contributed by atoms with Crippen molar-refractivity contribution in [2.75, 3.05) is 18.4 Å². The Morgan fingerprint density at radius 3 is 2.64 bits per heavy atom. The molecule has 2 aromatic heterocycles. The minimum Gasteiger partial charge on any atom is -0.366 e. The van der Waals surface area contributed by atoms with Crippen molar-refractivity contribution in [3.8, 4) is 22.6 Å². The van der Waals surface area contributed by atoms with Crippen molar-refractivity contribution < 1.29 is 0 Å². The molecule has 5 nitrogen and oxygen atoms in total. The van der Waals surface area contributed by atoms with E-state index >= 15 is 0 Å². The molecular formula is C20H21N5. The summed E-state index contributed by atoms with van der Waals surface area (Å²) >= 11 is 0. The zero-order valence-electron chi connectivity index (χ0n) is 14.0. The number of piperidine rings is 1. The molecule has 1 aliphatic heterocycles. The monoisotopic (exact) mass is 331 g/mol. The first-order valence-electron chi connectivity index (χ1n) is 8.71. The lowest BCUT2D eigenvalue weighted by Crippen LogP contribution is -2.38. The predicted molar refractivity (Wildman–Crippen MR) is 100 cm³/mol. The number of nitrogens with one attached hydrogen (secondary N) is 2. The summed E-state index contributed by atoms with van der Waals surface area (Å²) in [5, 5.41) is 7.00. The van der Waals surface area contributed by atoms with Crippen LogP contribution < -0.4 is 10.6 Å². The maximum atomic E-state index is 4.76. The van der Waals surface area contributed by atoms with Crippen LogP contribution >= 0.6 is 0 Å². The number of nitrogens with zero attached hydrogens (tertiary/aromatic N) is 3. The highest BCUT2D eigenvalue weighted by Crippen LogP contribution is 2.24. The van der Waals surface area contributed by atoms with Gasteiger partial charge in [0.2, 0.25) is 0 Å². The maximum absolute atomic E-state index is 4.76. The normalized spacial score (nSPS) is 17.2. The molecule has 1 saturated heterocycles. The minimum atomic E-state index is 0.397. The van der Waals surface area contributed by atoms with Crippen molar-refractivity contribution in [2.24, 2.45) is 0 Å². The van der Waals surface area contributed by atoms with Crippen LogP contribution in [0.15, 0.2) is 60.9 Å². The van der Waals surface area contributed by atoms with E-state index in [0.29, 0.717) is 6.04 Å². The van der Waals surface area contributed by atoms with Gasteiger partial charge in [0.15, 0.2) is 5.82 Å². The molecule has 4 rings (SSSR count). The van der Waals surface area contributed by atoms with Gasteiger partial charge in [-0.15, -0.1) is 0 Å². The first kappa shape index (κ1) is 15.7. The molecule has 2 N–H and O–H groups in total. The van der Waals surface area contributed by atoms with Crippen LogP contribution in [0.5, 0.6) is 0 Å². The van der Waals surface area contributed by atoms with Crippen LogP contribution in [0.4, 0.5) is 5.82 Å². The molecule has 1 fully saturated rings. The lowest BCUT2D eigenvalue weighted by molar-refractivity contribution is 0.479. The summed E-state index contributed by atoms with van der Waals surface area (Å²) in [5.74, 6) is 1.59. The Balaban J connectivity index is 1.72. The van der Waals surface area contributed by atoms with Crippen LogP contribution in [0, 0.1) is 0 Å². The van der Waals surface area contributed by atoms with Gasteiger partial charge in [-0.05, 0) is 31.5 Å². The summed E-state index contributed by atoms with van der Waals surface area (Å²) in [6.45, 7) is 2.06. The Morgan fingerprint density at radius 2 is 1.88 bits per heavy atom. The molecule has 1 aliphatic rings. The molecule has 1 atom stereocenters. The third kappa shape index (κ3) is 3.83. The van der Waals surface area contributed by atoms with Crippen LogP contribution in [0.25, 0.3) is 22.6 Å². The van der Waals surface area contributed by atoms with Gasteiger partial charge in [-0.25, -0.2) is 9.97 Å². The number of hydrogen-bond acceptors (Lipinski definition) is 5. The highest BCUT2D eigenvalue weighted by atomic mass is 15.1. The Hall–Kier alpha value is -2.79. The number of rotatable bonds is 4. The SMILES string of the molecule is c1ccc(-c2nc(NC3CCCNC3)cc(-c3cccnc3)n2)cc1. The second-order valence-electron chi connectivity index (χ2n) is 6.26. The van der Waals surface area contributed by atoms with Crippen LogP contribution in [0.3, 0.4) is 0 Å². The van der Waals surface area contributed by atoms with Gasteiger partial charge in [-0.3, -0.25) is 4.98 Å². The molecule has 3 aromatic rings. The van der Waals surface area contributed by atoms with E-state index in [2.05, 4.69) is 15.6 Å². The fraction of sp³-hybridized carbons (Fsp3) is 0.250. The van der Waals surface area contributed by atoms with Crippen molar-refractivity contribution in [3.05, 3.63) is 60.9 Å². The maximum Gasteiger partial charge on any atom is 0.162 e. The molecule has 3 heterocycles. The molecule has 25 heavy (non-hydrogen) atoms. The number of hydrogen-bond donors (Lipinski definition) is 2. The number of benzene rings is 1. The van der Waals surface area contributed by atoms with Gasteiger partial charge in [0.25, 0.3) is 0 Å². The minimum absolute atomic E-state index is 0.397. The fourth-order valence-corrected chi connectivity index (χ4v) is 3.08. The highest BCUT2D eigenvalue weighted by Gasteiger charge is 2.15. The van der Waals surface area contributed by atoms with Crippen molar-refractivity contribution in [1.82, 2.24) is 20.3 Å². The number of anilines is 1. The Kier molecular flexibility index (Phi) is 4.65. The van der Waals surface area contributed by atoms with Crippen molar-refractivity contribution in [3.63, 3.8) is 0 Å². The topological polar surface area (TPSA) is 62.7 Å². The summed E-state index contributed by atoms with van der Waals surface area (Å²) in [5.41, 5.74) is 2.89. The van der Waals surface area contributed by atoms with Crippen LogP contribution in [0.2, 0.25) is 0 Å². The van der Waals surface area contributed by atoms with Gasteiger partial charge in [0.1, 0.15) is 5.82 Å². The van der Waals surface area contributed by atoms with Gasteiger partial charge in [0.05, 0.1) is 5.69 Å². The average molecular weight is 331 g/mol. The van der Waals surface area contributed by atoms with Gasteiger partial charge in [-0.2, -0.15) is 0 Å². The molecule has 0 saturated carbocycles. The third-order valence-electron chi connectivity index (χ3n) is 4.36. The number of aromatic nitrogens is 3. The molecular weight excluding hydrogens is 310 g/mol. The van der Waals surface area contributed by atoms with Crippen molar-refractivity contribution in [1.29, 1.82) is 0 Å². The smallest absolute Gasteiger partial charge is 0.162 e. The molecule has 0 bridgehead atoms. The second kappa shape index (κ2) is 7.40. The standard InChI is InChI=1S/C20H21N5/c1-2-6-15(7-3-1)20-24-18(16-8-4-10-21-13-16)12-19(25-20)23-17-9-5-11-22-14-17/h1-4,6-8,10,12-13,17,22H,5,9,11,14H2,(H,23,24,25). The van der Waals surface area contributed by atoms with E-state index in [1.165, 1.54) is 6.42 Å². The van der Waals surface area contributed by atoms with Gasteiger partial charge >= 0.3 is 0 Å². The summed E-state index contributed by atoms with van der Waals surface area (Å²) in [7, 11) is 0. The van der Waals surface area contributed by atoms with Crippen LogP contribution in [-0.2, 0) is 0 Å². The average Bonchev–Trinajstić information content (AvgIpc) is 2.70. The lowest BCUT2D eigenvalue weighted by atomic mass is 10.1. The summed E-state index contributed by atoms with van der Waals surface area (Å²) < 4.78 is 0. The van der Waals surface area contributed by atoms with E-state index in [-0.39, 0.29) is 0 Å². The predicted octanol–water partition coefficient (Wildman–Crippen LogP) is 3.37. The van der Waals surface area contributed by atoms with Crippen LogP contribution in [-0.4, -0.2) is 34.1 Å². The molecule has 0 aliphatic carbocycles. The van der Waals surface area contributed by atoms with E-state index in [0.717, 1.165) is 48.0 Å². The zero-order chi connectivity index (χ0) is 16.9. The molecule has 1 aromatic carbocycles. The van der Waals surface area contributed by atoms with Crippen molar-refractivity contribution in [2.45, 2.75) is 18.9 Å².